The lowest BCUT2D eigenvalue weighted by atomic mass is 10.1. The molecule has 3 rings (SSSR count). The number of aromatic nitrogens is 2. The van der Waals surface area contributed by atoms with Gasteiger partial charge in [0, 0.05) is 25.8 Å². The third-order valence-corrected chi connectivity index (χ3v) is 4.33. The maximum atomic E-state index is 12.8. The Hall–Kier alpha value is -2.47. The first-order valence-corrected chi connectivity index (χ1v) is 8.70. The molecule has 2 heterocycles. The first-order valence-electron chi connectivity index (χ1n) is 8.70. The van der Waals surface area contributed by atoms with Gasteiger partial charge in [-0.2, -0.15) is 5.10 Å². The fraction of sp³-hybridized carbons (Fsp3) is 0.421. The molecule has 0 aliphatic carbocycles. The Kier molecular flexibility index (Phi) is 5.60. The van der Waals surface area contributed by atoms with Crippen LogP contribution in [0.3, 0.4) is 0 Å². The van der Waals surface area contributed by atoms with Gasteiger partial charge >= 0.3 is 0 Å². The van der Waals surface area contributed by atoms with Crippen LogP contribution in [-0.2, 0) is 11.3 Å². The average molecular weight is 341 g/mol. The second kappa shape index (κ2) is 8.07. The van der Waals surface area contributed by atoms with Gasteiger partial charge in [0.2, 0.25) is 0 Å². The van der Waals surface area contributed by atoms with Gasteiger partial charge in [0.05, 0.1) is 12.6 Å². The van der Waals surface area contributed by atoms with Crippen LogP contribution >= 0.6 is 0 Å². The van der Waals surface area contributed by atoms with Crippen molar-refractivity contribution in [1.29, 1.82) is 0 Å². The van der Waals surface area contributed by atoms with E-state index in [2.05, 4.69) is 5.10 Å². The number of benzene rings is 1. The van der Waals surface area contributed by atoms with Crippen molar-refractivity contribution in [2.24, 2.45) is 0 Å². The molecular weight excluding hydrogens is 318 g/mol. The zero-order valence-electron chi connectivity index (χ0n) is 14.4. The van der Waals surface area contributed by atoms with E-state index in [0.717, 1.165) is 18.4 Å². The van der Waals surface area contributed by atoms with Gasteiger partial charge in [0.15, 0.2) is 0 Å². The Bertz CT molecular complexity index is 771. The molecule has 1 aromatic carbocycles. The van der Waals surface area contributed by atoms with E-state index in [-0.39, 0.29) is 17.6 Å². The first kappa shape index (κ1) is 17.4. The van der Waals surface area contributed by atoms with E-state index in [9.17, 15) is 9.59 Å². The Balaban J connectivity index is 1.77. The second-order valence-electron chi connectivity index (χ2n) is 6.17. The summed E-state index contributed by atoms with van der Waals surface area (Å²) in [4.78, 5) is 26.6. The van der Waals surface area contributed by atoms with Crippen LogP contribution in [0.5, 0.6) is 0 Å². The minimum atomic E-state index is -0.216. The van der Waals surface area contributed by atoms with E-state index >= 15 is 0 Å². The number of amides is 1. The van der Waals surface area contributed by atoms with Gasteiger partial charge in [-0.1, -0.05) is 30.3 Å². The minimum absolute atomic E-state index is 0.0814. The van der Waals surface area contributed by atoms with Gasteiger partial charge < -0.3 is 9.64 Å². The van der Waals surface area contributed by atoms with Crippen molar-refractivity contribution in [3.8, 4) is 0 Å². The van der Waals surface area contributed by atoms with Crippen molar-refractivity contribution >= 4 is 5.91 Å². The van der Waals surface area contributed by atoms with E-state index in [1.807, 2.05) is 37.3 Å². The van der Waals surface area contributed by atoms with Crippen molar-refractivity contribution in [3.05, 3.63) is 64.1 Å². The lowest BCUT2D eigenvalue weighted by molar-refractivity contribution is 0.00694. The summed E-state index contributed by atoms with van der Waals surface area (Å²) >= 11 is 0. The SMILES string of the molecule is CCO[C@H]1CCCN(C(=O)c2ccc(=O)n(Cc3ccccc3)n2)C1. The molecule has 0 spiro atoms. The smallest absolute Gasteiger partial charge is 0.274 e. The summed E-state index contributed by atoms with van der Waals surface area (Å²) in [5.74, 6) is -0.147. The monoisotopic (exact) mass is 341 g/mol. The van der Waals surface area contributed by atoms with Gasteiger partial charge in [-0.3, -0.25) is 9.59 Å². The number of hydrogen-bond acceptors (Lipinski definition) is 4. The lowest BCUT2D eigenvalue weighted by Crippen LogP contribution is -2.44. The van der Waals surface area contributed by atoms with Crippen LogP contribution < -0.4 is 5.56 Å². The van der Waals surface area contributed by atoms with Crippen LogP contribution in [0.1, 0.15) is 35.8 Å². The number of likely N-dealkylation sites (tertiary alicyclic amines) is 1. The highest BCUT2D eigenvalue weighted by Crippen LogP contribution is 2.15. The molecule has 6 heteroatoms. The molecule has 0 bridgehead atoms. The molecule has 25 heavy (non-hydrogen) atoms. The molecule has 1 atom stereocenters. The third kappa shape index (κ3) is 4.33. The molecule has 0 radical (unpaired) electrons. The molecule has 6 nitrogen and oxygen atoms in total. The molecule has 0 unspecified atom stereocenters. The minimum Gasteiger partial charge on any atom is -0.377 e. The van der Waals surface area contributed by atoms with Crippen molar-refractivity contribution in [2.75, 3.05) is 19.7 Å². The van der Waals surface area contributed by atoms with Crippen molar-refractivity contribution in [2.45, 2.75) is 32.4 Å². The molecule has 0 N–H and O–H groups in total. The fourth-order valence-electron chi connectivity index (χ4n) is 3.09. The predicted molar refractivity (Wildman–Crippen MR) is 94.6 cm³/mol. The molecule has 1 aliphatic rings. The summed E-state index contributed by atoms with van der Waals surface area (Å²) < 4.78 is 6.99. The van der Waals surface area contributed by atoms with Crippen molar-refractivity contribution < 1.29 is 9.53 Å². The van der Waals surface area contributed by atoms with Crippen LogP contribution in [0.4, 0.5) is 0 Å². The first-order chi connectivity index (χ1) is 12.2. The average Bonchev–Trinajstić information content (AvgIpc) is 2.64. The number of rotatable bonds is 5. The van der Waals surface area contributed by atoms with Crippen molar-refractivity contribution in [3.63, 3.8) is 0 Å². The summed E-state index contributed by atoms with van der Waals surface area (Å²) in [6.07, 6.45) is 1.97. The molecular formula is C19H23N3O3. The van der Waals surface area contributed by atoms with Crippen molar-refractivity contribution in [1.82, 2.24) is 14.7 Å². The van der Waals surface area contributed by atoms with Crippen LogP contribution in [0.2, 0.25) is 0 Å². The Morgan fingerprint density at radius 3 is 2.80 bits per heavy atom. The van der Waals surface area contributed by atoms with E-state index in [1.54, 1.807) is 4.90 Å². The third-order valence-electron chi connectivity index (χ3n) is 4.33. The number of hydrogen-bond donors (Lipinski definition) is 0. The normalized spacial score (nSPS) is 17.5. The maximum Gasteiger partial charge on any atom is 0.274 e. The van der Waals surface area contributed by atoms with Crippen LogP contribution in [-0.4, -0.2) is 46.4 Å². The molecule has 1 fully saturated rings. The Morgan fingerprint density at radius 1 is 1.24 bits per heavy atom. The number of carbonyl (C=O) groups excluding carboxylic acids is 1. The topological polar surface area (TPSA) is 64.4 Å². The van der Waals surface area contributed by atoms with E-state index in [1.165, 1.54) is 16.8 Å². The fourth-order valence-corrected chi connectivity index (χ4v) is 3.09. The molecule has 0 saturated carbocycles. The quantitative estimate of drug-likeness (QED) is 0.834. The summed E-state index contributed by atoms with van der Waals surface area (Å²) in [5, 5.41) is 4.29. The van der Waals surface area contributed by atoms with Crippen LogP contribution in [0, 0.1) is 0 Å². The summed E-state index contributed by atoms with van der Waals surface area (Å²) in [6.45, 7) is 4.23. The van der Waals surface area contributed by atoms with E-state index < -0.39 is 0 Å². The number of piperidine rings is 1. The molecule has 1 amide bonds. The summed E-state index contributed by atoms with van der Waals surface area (Å²) in [6, 6.07) is 12.5. The van der Waals surface area contributed by atoms with E-state index in [0.29, 0.717) is 31.9 Å². The Morgan fingerprint density at radius 2 is 2.04 bits per heavy atom. The second-order valence-corrected chi connectivity index (χ2v) is 6.17. The highest BCUT2D eigenvalue weighted by molar-refractivity contribution is 5.92. The van der Waals surface area contributed by atoms with Gasteiger partial charge in [-0.15, -0.1) is 0 Å². The van der Waals surface area contributed by atoms with Gasteiger partial charge in [0.1, 0.15) is 5.69 Å². The number of carbonyl (C=O) groups is 1. The highest BCUT2D eigenvalue weighted by Gasteiger charge is 2.25. The van der Waals surface area contributed by atoms with Gasteiger partial charge in [-0.25, -0.2) is 4.68 Å². The molecule has 2 aromatic rings. The van der Waals surface area contributed by atoms with E-state index in [4.69, 9.17) is 4.74 Å². The van der Waals surface area contributed by atoms with Crippen LogP contribution in [0.25, 0.3) is 0 Å². The Labute approximate surface area is 147 Å². The molecule has 1 saturated heterocycles. The lowest BCUT2D eigenvalue weighted by Gasteiger charge is -2.32. The number of ether oxygens (including phenoxy) is 1. The standard InChI is InChI=1S/C19H23N3O3/c1-2-25-16-9-6-12-21(14-16)19(24)17-10-11-18(23)22(20-17)13-15-7-4-3-5-8-15/h3-5,7-8,10-11,16H,2,6,9,12-14H2,1H3/t16-/m0/s1. The molecule has 1 aliphatic heterocycles. The predicted octanol–water partition coefficient (Wildman–Crippen LogP) is 1.93. The zero-order valence-corrected chi connectivity index (χ0v) is 14.4. The van der Waals surface area contributed by atoms with Gasteiger partial charge in [0.25, 0.3) is 11.5 Å². The highest BCUT2D eigenvalue weighted by atomic mass is 16.5. The summed E-state index contributed by atoms with van der Waals surface area (Å²) in [7, 11) is 0. The summed E-state index contributed by atoms with van der Waals surface area (Å²) in [5.41, 5.74) is 1.05. The molecule has 132 valence electrons. The van der Waals surface area contributed by atoms with Crippen LogP contribution in [0.15, 0.2) is 47.3 Å². The number of nitrogens with zero attached hydrogens (tertiary/aromatic N) is 3. The van der Waals surface area contributed by atoms with Gasteiger partial charge in [-0.05, 0) is 31.4 Å². The largest absolute Gasteiger partial charge is 0.377 e. The molecule has 1 aromatic heterocycles. The maximum absolute atomic E-state index is 12.8. The zero-order chi connectivity index (χ0) is 17.6.